The zero-order valence-electron chi connectivity index (χ0n) is 6.91. The summed E-state index contributed by atoms with van der Waals surface area (Å²) in [7, 11) is 0. The summed E-state index contributed by atoms with van der Waals surface area (Å²) >= 11 is 6.27. The molecule has 2 N–H and O–H groups in total. The molecule has 1 rings (SSSR count). The first-order chi connectivity index (χ1) is 5.68. The van der Waals surface area contributed by atoms with Gasteiger partial charge in [0.1, 0.15) is 4.32 Å². The Bertz CT molecular complexity index is 284. The molecule has 0 bridgehead atoms. The Kier molecular flexibility index (Phi) is 3.56. The van der Waals surface area contributed by atoms with E-state index in [9.17, 15) is 0 Å². The number of rotatable bonds is 2. The molecule has 0 heterocycles. The Morgan fingerprint density at radius 2 is 2.33 bits per heavy atom. The summed E-state index contributed by atoms with van der Waals surface area (Å²) in [5.74, 6) is 0.872. The number of thiocarbonyl (C=S) groups is 1. The van der Waals surface area contributed by atoms with Gasteiger partial charge in [-0.3, -0.25) is 0 Å². The van der Waals surface area contributed by atoms with Gasteiger partial charge in [0, 0.05) is 5.75 Å². The van der Waals surface area contributed by atoms with Gasteiger partial charge in [-0.15, -0.1) is 0 Å². The maximum Gasteiger partial charge on any atom is 0.131 e. The van der Waals surface area contributed by atoms with Crippen molar-refractivity contribution in [3.05, 3.63) is 35.4 Å². The first kappa shape index (κ1) is 9.55. The Morgan fingerprint density at radius 3 is 2.92 bits per heavy atom. The van der Waals surface area contributed by atoms with Gasteiger partial charge in [-0.2, -0.15) is 0 Å². The molecule has 0 saturated carbocycles. The van der Waals surface area contributed by atoms with E-state index in [2.05, 4.69) is 25.1 Å². The molecule has 0 spiro atoms. The molecule has 1 nitrogen and oxygen atoms in total. The minimum absolute atomic E-state index is 0.511. The second-order valence-electron chi connectivity index (χ2n) is 2.60. The van der Waals surface area contributed by atoms with E-state index in [1.807, 2.05) is 6.07 Å². The first-order valence-corrected chi connectivity index (χ1v) is 5.05. The minimum atomic E-state index is 0.511. The molecule has 3 heteroatoms. The highest BCUT2D eigenvalue weighted by atomic mass is 32.2. The lowest BCUT2D eigenvalue weighted by molar-refractivity contribution is 1.36. The maximum atomic E-state index is 5.37. The number of aryl methyl sites for hydroxylation is 1. The summed E-state index contributed by atoms with van der Waals surface area (Å²) < 4.78 is 0.511. The third-order valence-corrected chi connectivity index (χ3v) is 2.58. The molecular weight excluding hydrogens is 186 g/mol. The average molecular weight is 197 g/mol. The smallest absolute Gasteiger partial charge is 0.131 e. The first-order valence-electron chi connectivity index (χ1n) is 3.66. The van der Waals surface area contributed by atoms with Crippen LogP contribution in [0.4, 0.5) is 0 Å². The lowest BCUT2D eigenvalue weighted by Gasteiger charge is -2.00. The van der Waals surface area contributed by atoms with Gasteiger partial charge in [0.05, 0.1) is 0 Å². The molecule has 0 aromatic heterocycles. The zero-order chi connectivity index (χ0) is 8.97. The fourth-order valence-corrected chi connectivity index (χ4v) is 1.62. The van der Waals surface area contributed by atoms with Crippen LogP contribution in [0.25, 0.3) is 0 Å². The molecule has 1 aromatic carbocycles. The van der Waals surface area contributed by atoms with Crippen LogP contribution in [0.15, 0.2) is 24.3 Å². The molecule has 0 unspecified atom stereocenters. The van der Waals surface area contributed by atoms with Crippen molar-refractivity contribution in [1.82, 2.24) is 0 Å². The average Bonchev–Trinajstić information content (AvgIpc) is 2.01. The SMILES string of the molecule is Cc1cccc(CSC(N)=S)c1. The fraction of sp³-hybridized carbons (Fsp3) is 0.222. The predicted molar refractivity (Wildman–Crippen MR) is 59.3 cm³/mol. The quantitative estimate of drug-likeness (QED) is 0.738. The van der Waals surface area contributed by atoms with Crippen LogP contribution in [0.2, 0.25) is 0 Å². The lowest BCUT2D eigenvalue weighted by atomic mass is 10.2. The van der Waals surface area contributed by atoms with Crippen LogP contribution in [0.5, 0.6) is 0 Å². The molecule has 0 atom stereocenters. The fourth-order valence-electron chi connectivity index (χ4n) is 0.956. The number of nitrogens with two attached hydrogens (primary N) is 1. The number of thioether (sulfide) groups is 1. The summed E-state index contributed by atoms with van der Waals surface area (Å²) in [5, 5.41) is 0. The molecule has 0 aliphatic rings. The summed E-state index contributed by atoms with van der Waals surface area (Å²) in [6.07, 6.45) is 0. The van der Waals surface area contributed by atoms with Crippen molar-refractivity contribution in [2.24, 2.45) is 5.73 Å². The van der Waals surface area contributed by atoms with Gasteiger partial charge in [0.2, 0.25) is 0 Å². The summed E-state index contributed by atoms with van der Waals surface area (Å²) in [4.78, 5) is 0. The van der Waals surface area contributed by atoms with E-state index in [-0.39, 0.29) is 0 Å². The Balaban J connectivity index is 2.57. The molecule has 0 amide bonds. The Morgan fingerprint density at radius 1 is 1.58 bits per heavy atom. The molecule has 0 fully saturated rings. The second kappa shape index (κ2) is 4.48. The van der Waals surface area contributed by atoms with Crippen LogP contribution in [-0.4, -0.2) is 4.32 Å². The van der Waals surface area contributed by atoms with Gasteiger partial charge in [0.25, 0.3) is 0 Å². The Hall–Kier alpha value is -0.540. The van der Waals surface area contributed by atoms with Crippen LogP contribution in [0.1, 0.15) is 11.1 Å². The van der Waals surface area contributed by atoms with Gasteiger partial charge >= 0.3 is 0 Å². The van der Waals surface area contributed by atoms with E-state index in [4.69, 9.17) is 18.0 Å². The highest BCUT2D eigenvalue weighted by Crippen LogP contribution is 2.12. The summed E-state index contributed by atoms with van der Waals surface area (Å²) in [6, 6.07) is 8.35. The third kappa shape index (κ3) is 3.24. The topological polar surface area (TPSA) is 26.0 Å². The van der Waals surface area contributed by atoms with Crippen LogP contribution in [-0.2, 0) is 5.75 Å². The van der Waals surface area contributed by atoms with Crippen molar-refractivity contribution in [3.8, 4) is 0 Å². The monoisotopic (exact) mass is 197 g/mol. The van der Waals surface area contributed by atoms with Gasteiger partial charge in [-0.25, -0.2) is 0 Å². The van der Waals surface area contributed by atoms with Gasteiger partial charge in [-0.05, 0) is 12.5 Å². The second-order valence-corrected chi connectivity index (χ2v) is 4.31. The Labute approximate surface area is 82.3 Å². The normalized spacial score (nSPS) is 9.75. The predicted octanol–water partition coefficient (Wildman–Crippen LogP) is 2.47. The van der Waals surface area contributed by atoms with Crippen molar-refractivity contribution >= 4 is 28.3 Å². The van der Waals surface area contributed by atoms with Gasteiger partial charge < -0.3 is 5.73 Å². The highest BCUT2D eigenvalue weighted by Gasteiger charge is 1.94. The number of hydrogen-bond acceptors (Lipinski definition) is 2. The highest BCUT2D eigenvalue weighted by molar-refractivity contribution is 8.22. The zero-order valence-corrected chi connectivity index (χ0v) is 8.54. The molecular formula is C9H11NS2. The van der Waals surface area contributed by atoms with Crippen LogP contribution in [0.3, 0.4) is 0 Å². The molecule has 0 aliphatic carbocycles. The largest absolute Gasteiger partial charge is 0.385 e. The maximum absolute atomic E-state index is 5.37. The van der Waals surface area contributed by atoms with Crippen LogP contribution >= 0.6 is 24.0 Å². The number of benzene rings is 1. The van der Waals surface area contributed by atoms with E-state index in [1.54, 1.807) is 0 Å². The van der Waals surface area contributed by atoms with Crippen molar-refractivity contribution in [1.29, 1.82) is 0 Å². The molecule has 0 saturated heterocycles. The van der Waals surface area contributed by atoms with Crippen molar-refractivity contribution in [2.45, 2.75) is 12.7 Å². The standard InChI is InChI=1S/C9H11NS2/c1-7-3-2-4-8(5-7)6-12-9(10)11/h2-5H,6H2,1H3,(H2,10,11). The third-order valence-electron chi connectivity index (χ3n) is 1.46. The molecule has 12 heavy (non-hydrogen) atoms. The molecule has 0 radical (unpaired) electrons. The van der Waals surface area contributed by atoms with Crippen molar-refractivity contribution < 1.29 is 0 Å². The van der Waals surface area contributed by atoms with E-state index >= 15 is 0 Å². The van der Waals surface area contributed by atoms with Crippen molar-refractivity contribution in [3.63, 3.8) is 0 Å². The molecule has 0 aliphatic heterocycles. The van der Waals surface area contributed by atoms with Crippen LogP contribution in [0, 0.1) is 6.92 Å². The van der Waals surface area contributed by atoms with E-state index in [0.29, 0.717) is 4.32 Å². The lowest BCUT2D eigenvalue weighted by Crippen LogP contribution is -2.01. The van der Waals surface area contributed by atoms with Gasteiger partial charge in [0.15, 0.2) is 0 Å². The summed E-state index contributed by atoms with van der Waals surface area (Å²) in [5.41, 5.74) is 7.92. The minimum Gasteiger partial charge on any atom is -0.385 e. The van der Waals surface area contributed by atoms with Gasteiger partial charge in [-0.1, -0.05) is 53.8 Å². The van der Waals surface area contributed by atoms with E-state index in [1.165, 1.54) is 22.9 Å². The van der Waals surface area contributed by atoms with Crippen molar-refractivity contribution in [2.75, 3.05) is 0 Å². The molecule has 1 aromatic rings. The summed E-state index contributed by atoms with van der Waals surface area (Å²) in [6.45, 7) is 2.08. The van der Waals surface area contributed by atoms with Crippen LogP contribution < -0.4 is 5.73 Å². The number of hydrogen-bond donors (Lipinski definition) is 1. The van der Waals surface area contributed by atoms with E-state index < -0.39 is 0 Å². The van der Waals surface area contributed by atoms with E-state index in [0.717, 1.165) is 5.75 Å². The molecule has 64 valence electrons.